The standard InChI is InChI=1S/C12H6Cl4O2S/c13-7-1-4-12(11(16)5-7)19(17,18)8-2-3-9(14)10(15)6-8/h1-6H. The molecule has 0 aliphatic heterocycles. The van der Waals surface area contributed by atoms with Crippen molar-refractivity contribution in [1.82, 2.24) is 0 Å². The molecule has 0 unspecified atom stereocenters. The molecule has 0 aliphatic rings. The average Bonchev–Trinajstić information content (AvgIpc) is 2.32. The van der Waals surface area contributed by atoms with Crippen LogP contribution in [0.3, 0.4) is 0 Å². The molecule has 2 aromatic carbocycles. The number of sulfone groups is 1. The second-order valence-corrected chi connectivity index (χ2v) is 7.23. The third-order valence-electron chi connectivity index (χ3n) is 2.38. The Balaban J connectivity index is 2.62. The zero-order chi connectivity index (χ0) is 14.2. The lowest BCUT2D eigenvalue weighted by molar-refractivity contribution is 0.596. The number of benzene rings is 2. The zero-order valence-corrected chi connectivity index (χ0v) is 13.0. The highest BCUT2D eigenvalue weighted by Gasteiger charge is 2.21. The van der Waals surface area contributed by atoms with E-state index in [1.165, 1.54) is 36.4 Å². The largest absolute Gasteiger partial charge is 0.218 e. The highest BCUT2D eigenvalue weighted by atomic mass is 35.5. The number of halogens is 4. The Kier molecular flexibility index (Phi) is 4.33. The summed E-state index contributed by atoms with van der Waals surface area (Å²) in [6, 6.07) is 8.24. The summed E-state index contributed by atoms with van der Waals surface area (Å²) >= 11 is 23.2. The quantitative estimate of drug-likeness (QED) is 0.747. The maximum absolute atomic E-state index is 12.4. The summed E-state index contributed by atoms with van der Waals surface area (Å²) in [7, 11) is -3.76. The molecule has 0 radical (unpaired) electrons. The summed E-state index contributed by atoms with van der Waals surface area (Å²) in [6.45, 7) is 0. The van der Waals surface area contributed by atoms with Crippen molar-refractivity contribution in [2.75, 3.05) is 0 Å². The Morgan fingerprint density at radius 2 is 1.42 bits per heavy atom. The third kappa shape index (κ3) is 3.01. The van der Waals surface area contributed by atoms with E-state index in [0.717, 1.165) is 0 Å². The molecule has 0 spiro atoms. The Labute approximate surface area is 130 Å². The summed E-state index contributed by atoms with van der Waals surface area (Å²) in [5, 5.41) is 0.854. The van der Waals surface area contributed by atoms with E-state index in [9.17, 15) is 8.42 Å². The number of hydrogen-bond donors (Lipinski definition) is 0. The Bertz CT molecular complexity index is 741. The summed E-state index contributed by atoms with van der Waals surface area (Å²) in [5.41, 5.74) is 0. The summed E-state index contributed by atoms with van der Waals surface area (Å²) in [5.74, 6) is 0. The van der Waals surface area contributed by atoms with Gasteiger partial charge in [0.25, 0.3) is 0 Å². The topological polar surface area (TPSA) is 34.1 Å². The first-order valence-electron chi connectivity index (χ1n) is 4.97. The molecule has 2 rings (SSSR count). The van der Waals surface area contributed by atoms with Gasteiger partial charge in [0.2, 0.25) is 9.84 Å². The van der Waals surface area contributed by atoms with E-state index in [0.29, 0.717) is 5.02 Å². The fourth-order valence-electron chi connectivity index (χ4n) is 1.46. The van der Waals surface area contributed by atoms with Gasteiger partial charge >= 0.3 is 0 Å². The van der Waals surface area contributed by atoms with Gasteiger partial charge in [0.15, 0.2) is 0 Å². The summed E-state index contributed by atoms with van der Waals surface area (Å²) in [4.78, 5) is -0.0110. The molecule has 100 valence electrons. The second-order valence-electron chi connectivity index (χ2n) is 3.65. The maximum atomic E-state index is 12.4. The molecule has 0 saturated heterocycles. The Hall–Kier alpha value is -0.450. The van der Waals surface area contributed by atoms with Gasteiger partial charge in [-0.2, -0.15) is 0 Å². The van der Waals surface area contributed by atoms with Gasteiger partial charge in [0, 0.05) is 5.02 Å². The van der Waals surface area contributed by atoms with Crippen LogP contribution in [0.5, 0.6) is 0 Å². The molecular weight excluding hydrogens is 350 g/mol. The van der Waals surface area contributed by atoms with Gasteiger partial charge in [-0.1, -0.05) is 46.4 Å². The van der Waals surface area contributed by atoms with Crippen LogP contribution in [-0.4, -0.2) is 8.42 Å². The van der Waals surface area contributed by atoms with E-state index in [1.807, 2.05) is 0 Å². The van der Waals surface area contributed by atoms with Crippen LogP contribution in [0.25, 0.3) is 0 Å². The second kappa shape index (κ2) is 5.51. The van der Waals surface area contributed by atoms with E-state index in [-0.39, 0.29) is 24.9 Å². The lowest BCUT2D eigenvalue weighted by atomic mass is 10.3. The first kappa shape index (κ1) is 14.9. The molecule has 0 amide bonds. The molecule has 7 heteroatoms. The predicted molar refractivity (Wildman–Crippen MR) is 78.4 cm³/mol. The van der Waals surface area contributed by atoms with Crippen molar-refractivity contribution in [3.8, 4) is 0 Å². The number of rotatable bonds is 2. The zero-order valence-electron chi connectivity index (χ0n) is 9.20. The van der Waals surface area contributed by atoms with Crippen LogP contribution < -0.4 is 0 Å². The van der Waals surface area contributed by atoms with E-state index >= 15 is 0 Å². The van der Waals surface area contributed by atoms with E-state index in [4.69, 9.17) is 46.4 Å². The highest BCUT2D eigenvalue weighted by Crippen LogP contribution is 2.32. The van der Waals surface area contributed by atoms with Crippen molar-refractivity contribution in [2.24, 2.45) is 0 Å². The molecule has 2 aromatic rings. The van der Waals surface area contributed by atoms with Crippen molar-refractivity contribution in [2.45, 2.75) is 9.79 Å². The molecule has 0 bridgehead atoms. The Morgan fingerprint density at radius 3 is 2.00 bits per heavy atom. The van der Waals surface area contributed by atoms with Crippen LogP contribution >= 0.6 is 46.4 Å². The van der Waals surface area contributed by atoms with Crippen LogP contribution in [0, 0.1) is 0 Å². The van der Waals surface area contributed by atoms with Crippen molar-refractivity contribution in [3.05, 3.63) is 56.5 Å². The first-order valence-corrected chi connectivity index (χ1v) is 7.97. The molecule has 0 atom stereocenters. The molecule has 0 aliphatic carbocycles. The molecule has 0 aromatic heterocycles. The fourth-order valence-corrected chi connectivity index (χ4v) is 3.88. The van der Waals surface area contributed by atoms with E-state index < -0.39 is 9.84 Å². The van der Waals surface area contributed by atoms with Gasteiger partial charge in [-0.3, -0.25) is 0 Å². The van der Waals surface area contributed by atoms with Crippen LogP contribution in [-0.2, 0) is 9.84 Å². The molecule has 0 N–H and O–H groups in total. The normalized spacial score (nSPS) is 11.6. The van der Waals surface area contributed by atoms with Gasteiger partial charge in [0.05, 0.1) is 24.9 Å². The molecule has 0 fully saturated rings. The minimum absolute atomic E-state index is 0.0196. The van der Waals surface area contributed by atoms with Gasteiger partial charge in [-0.25, -0.2) is 8.42 Å². The lowest BCUT2D eigenvalue weighted by Gasteiger charge is -2.08. The highest BCUT2D eigenvalue weighted by molar-refractivity contribution is 7.91. The molecule has 0 saturated carbocycles. The maximum Gasteiger partial charge on any atom is 0.208 e. The van der Waals surface area contributed by atoms with Gasteiger partial charge in [-0.05, 0) is 36.4 Å². The van der Waals surface area contributed by atoms with Crippen LogP contribution in [0.2, 0.25) is 20.1 Å². The summed E-state index contributed by atoms with van der Waals surface area (Å²) in [6.07, 6.45) is 0. The van der Waals surface area contributed by atoms with E-state index in [1.54, 1.807) is 0 Å². The predicted octanol–water partition coefficient (Wildman–Crippen LogP) is 5.13. The summed E-state index contributed by atoms with van der Waals surface area (Å²) < 4.78 is 24.8. The molecule has 19 heavy (non-hydrogen) atoms. The average molecular weight is 356 g/mol. The lowest BCUT2D eigenvalue weighted by Crippen LogP contribution is -2.02. The Morgan fingerprint density at radius 1 is 0.737 bits per heavy atom. The SMILES string of the molecule is O=S(=O)(c1ccc(Cl)c(Cl)c1)c1ccc(Cl)cc1Cl. The smallest absolute Gasteiger partial charge is 0.208 e. The van der Waals surface area contributed by atoms with E-state index in [2.05, 4.69) is 0 Å². The number of hydrogen-bond acceptors (Lipinski definition) is 2. The van der Waals surface area contributed by atoms with Crippen LogP contribution in [0.4, 0.5) is 0 Å². The molecule has 2 nitrogen and oxygen atoms in total. The fraction of sp³-hybridized carbons (Fsp3) is 0. The van der Waals surface area contributed by atoms with Crippen LogP contribution in [0.1, 0.15) is 0 Å². The monoisotopic (exact) mass is 354 g/mol. The molecular formula is C12H6Cl4O2S. The minimum Gasteiger partial charge on any atom is -0.218 e. The third-order valence-corrected chi connectivity index (χ3v) is 5.59. The van der Waals surface area contributed by atoms with Crippen molar-refractivity contribution in [3.63, 3.8) is 0 Å². The molecule has 0 heterocycles. The van der Waals surface area contributed by atoms with Crippen LogP contribution in [0.15, 0.2) is 46.2 Å². The van der Waals surface area contributed by atoms with Crippen molar-refractivity contribution < 1.29 is 8.42 Å². The van der Waals surface area contributed by atoms with Crippen molar-refractivity contribution >= 4 is 56.2 Å². The van der Waals surface area contributed by atoms with Gasteiger partial charge < -0.3 is 0 Å². The van der Waals surface area contributed by atoms with Crippen molar-refractivity contribution in [1.29, 1.82) is 0 Å². The minimum atomic E-state index is -3.76. The van der Waals surface area contributed by atoms with Gasteiger partial charge in [-0.15, -0.1) is 0 Å². The first-order chi connectivity index (χ1) is 8.82. The van der Waals surface area contributed by atoms with Gasteiger partial charge in [0.1, 0.15) is 0 Å².